The third-order valence-corrected chi connectivity index (χ3v) is 5.37. The number of fused-ring (bicyclic) bond motifs is 1. The van der Waals surface area contributed by atoms with Crippen LogP contribution < -0.4 is 10.2 Å². The zero-order valence-electron chi connectivity index (χ0n) is 16.8. The molecule has 29 heavy (non-hydrogen) atoms. The monoisotopic (exact) mass is 390 g/mol. The van der Waals surface area contributed by atoms with Crippen molar-refractivity contribution >= 4 is 22.4 Å². The van der Waals surface area contributed by atoms with Crippen LogP contribution in [0, 0.1) is 37.9 Å². The maximum absolute atomic E-state index is 14.0. The van der Waals surface area contributed by atoms with Crippen molar-refractivity contribution in [1.82, 2.24) is 15.0 Å². The van der Waals surface area contributed by atoms with E-state index in [4.69, 9.17) is 0 Å². The van der Waals surface area contributed by atoms with E-state index in [9.17, 15) is 9.65 Å². The van der Waals surface area contributed by atoms with Gasteiger partial charge in [0.1, 0.15) is 23.5 Å². The molecule has 0 spiro atoms. The SMILES string of the molecule is Cc1cc(N2CCC(Nc3c(C#N)cnc4c(C)cc(F)cc34)CC2)nc(C)n1. The van der Waals surface area contributed by atoms with Crippen LogP contribution in [0.5, 0.6) is 0 Å². The molecule has 1 saturated heterocycles. The van der Waals surface area contributed by atoms with Crippen LogP contribution in [0.2, 0.25) is 0 Å². The highest BCUT2D eigenvalue weighted by Crippen LogP contribution is 2.31. The van der Waals surface area contributed by atoms with Crippen LogP contribution in [0.25, 0.3) is 10.9 Å². The van der Waals surface area contributed by atoms with E-state index >= 15 is 0 Å². The molecule has 0 bridgehead atoms. The molecule has 3 aromatic rings. The molecule has 6 nitrogen and oxygen atoms in total. The summed E-state index contributed by atoms with van der Waals surface area (Å²) in [6.07, 6.45) is 3.35. The minimum absolute atomic E-state index is 0.191. The summed E-state index contributed by atoms with van der Waals surface area (Å²) in [7, 11) is 0. The standard InChI is InChI=1S/C22H23FN6/c1-13-8-17(23)10-19-21(13)25-12-16(11-24)22(19)28-18-4-6-29(7-5-18)20-9-14(2)26-15(3)27-20/h8-10,12,18H,4-7H2,1-3H3,(H,25,28). The molecular weight excluding hydrogens is 367 g/mol. The number of anilines is 2. The number of pyridine rings is 1. The summed E-state index contributed by atoms with van der Waals surface area (Å²) < 4.78 is 14.0. The average Bonchev–Trinajstić information content (AvgIpc) is 2.68. The van der Waals surface area contributed by atoms with Crippen molar-refractivity contribution in [2.24, 2.45) is 0 Å². The van der Waals surface area contributed by atoms with E-state index in [1.165, 1.54) is 12.1 Å². The Hall–Kier alpha value is -3.27. The van der Waals surface area contributed by atoms with Crippen molar-refractivity contribution in [3.8, 4) is 6.07 Å². The fourth-order valence-electron chi connectivity index (χ4n) is 3.99. The van der Waals surface area contributed by atoms with E-state index in [0.717, 1.165) is 54.3 Å². The van der Waals surface area contributed by atoms with Gasteiger partial charge in [-0.2, -0.15) is 5.26 Å². The number of nitrogens with one attached hydrogen (secondary N) is 1. The van der Waals surface area contributed by atoms with Crippen LogP contribution in [0.1, 0.15) is 35.5 Å². The summed E-state index contributed by atoms with van der Waals surface area (Å²) in [5.41, 5.74) is 3.56. The lowest BCUT2D eigenvalue weighted by Crippen LogP contribution is -2.39. The second-order valence-electron chi connectivity index (χ2n) is 7.60. The smallest absolute Gasteiger partial charge is 0.132 e. The summed E-state index contributed by atoms with van der Waals surface area (Å²) in [6.45, 7) is 7.42. The van der Waals surface area contributed by atoms with Gasteiger partial charge in [-0.15, -0.1) is 0 Å². The normalized spacial score (nSPS) is 14.8. The second-order valence-corrected chi connectivity index (χ2v) is 7.60. The Morgan fingerprint density at radius 2 is 1.90 bits per heavy atom. The molecule has 0 amide bonds. The molecule has 1 fully saturated rings. The zero-order valence-corrected chi connectivity index (χ0v) is 16.8. The molecule has 3 heterocycles. The van der Waals surface area contributed by atoms with Crippen LogP contribution in [-0.4, -0.2) is 34.1 Å². The number of hydrogen-bond acceptors (Lipinski definition) is 6. The third kappa shape index (κ3) is 3.83. The number of rotatable bonds is 3. The molecule has 1 N–H and O–H groups in total. The first kappa shape index (κ1) is 19.1. The molecule has 0 radical (unpaired) electrons. The number of halogens is 1. The molecule has 2 aromatic heterocycles. The fourth-order valence-corrected chi connectivity index (χ4v) is 3.99. The summed E-state index contributed by atoms with van der Waals surface area (Å²) >= 11 is 0. The van der Waals surface area contributed by atoms with Crippen LogP contribution >= 0.6 is 0 Å². The minimum atomic E-state index is -0.320. The minimum Gasteiger partial charge on any atom is -0.381 e. The maximum atomic E-state index is 14.0. The van der Waals surface area contributed by atoms with E-state index in [1.54, 1.807) is 6.20 Å². The second kappa shape index (κ2) is 7.63. The highest BCUT2D eigenvalue weighted by Gasteiger charge is 2.22. The van der Waals surface area contributed by atoms with E-state index < -0.39 is 0 Å². The topological polar surface area (TPSA) is 77.7 Å². The van der Waals surface area contributed by atoms with Gasteiger partial charge < -0.3 is 10.2 Å². The largest absolute Gasteiger partial charge is 0.381 e. The van der Waals surface area contributed by atoms with Crippen LogP contribution in [0.15, 0.2) is 24.4 Å². The van der Waals surface area contributed by atoms with Crippen LogP contribution in [-0.2, 0) is 0 Å². The summed E-state index contributed by atoms with van der Waals surface area (Å²) in [5, 5.41) is 13.7. The van der Waals surface area contributed by atoms with E-state index in [2.05, 4.69) is 31.2 Å². The molecule has 0 atom stereocenters. The van der Waals surface area contributed by atoms with Crippen molar-refractivity contribution in [3.05, 3.63) is 52.9 Å². The number of aromatic nitrogens is 3. The number of nitriles is 1. The predicted octanol–water partition coefficient (Wildman–Crippen LogP) is 4.04. The highest BCUT2D eigenvalue weighted by molar-refractivity contribution is 5.95. The third-order valence-electron chi connectivity index (χ3n) is 5.37. The lowest BCUT2D eigenvalue weighted by Gasteiger charge is -2.34. The highest BCUT2D eigenvalue weighted by atomic mass is 19.1. The van der Waals surface area contributed by atoms with Gasteiger partial charge in [0.15, 0.2) is 0 Å². The molecule has 0 aliphatic carbocycles. The van der Waals surface area contributed by atoms with E-state index in [-0.39, 0.29) is 11.9 Å². The number of piperidine rings is 1. The summed E-state index contributed by atoms with van der Waals surface area (Å²) in [6, 6.07) is 7.32. The summed E-state index contributed by atoms with van der Waals surface area (Å²) in [4.78, 5) is 15.5. The quantitative estimate of drug-likeness (QED) is 0.727. The number of hydrogen-bond donors (Lipinski definition) is 1. The van der Waals surface area contributed by atoms with Crippen molar-refractivity contribution in [2.45, 2.75) is 39.7 Å². The molecule has 0 unspecified atom stereocenters. The molecule has 1 aliphatic rings. The predicted molar refractivity (Wildman–Crippen MR) is 112 cm³/mol. The molecule has 4 rings (SSSR count). The van der Waals surface area contributed by atoms with Crippen molar-refractivity contribution < 1.29 is 4.39 Å². The van der Waals surface area contributed by atoms with Crippen molar-refractivity contribution in [1.29, 1.82) is 5.26 Å². The van der Waals surface area contributed by atoms with Crippen LogP contribution in [0.3, 0.4) is 0 Å². The van der Waals surface area contributed by atoms with Gasteiger partial charge in [-0.1, -0.05) is 0 Å². The Morgan fingerprint density at radius 3 is 2.59 bits per heavy atom. The maximum Gasteiger partial charge on any atom is 0.132 e. The molecule has 1 aromatic carbocycles. The van der Waals surface area contributed by atoms with Crippen molar-refractivity contribution in [2.75, 3.05) is 23.3 Å². The first-order valence-electron chi connectivity index (χ1n) is 9.77. The van der Waals surface area contributed by atoms with Gasteiger partial charge in [-0.05, 0) is 51.3 Å². The van der Waals surface area contributed by atoms with Gasteiger partial charge in [0.05, 0.1) is 16.8 Å². The molecule has 148 valence electrons. The fraction of sp³-hybridized carbons (Fsp3) is 0.364. The van der Waals surface area contributed by atoms with E-state index in [0.29, 0.717) is 16.6 Å². The lowest BCUT2D eigenvalue weighted by molar-refractivity contribution is 0.523. The number of aryl methyl sites for hydroxylation is 3. The Bertz CT molecular complexity index is 1090. The first-order valence-corrected chi connectivity index (χ1v) is 9.77. The summed E-state index contributed by atoms with van der Waals surface area (Å²) in [5.74, 6) is 1.41. The Kier molecular flexibility index (Phi) is 5.01. The average molecular weight is 390 g/mol. The molecular formula is C22H23FN6. The van der Waals surface area contributed by atoms with Crippen LogP contribution in [0.4, 0.5) is 15.9 Å². The first-order chi connectivity index (χ1) is 13.9. The molecule has 0 saturated carbocycles. The number of nitrogens with zero attached hydrogens (tertiary/aromatic N) is 5. The van der Waals surface area contributed by atoms with Gasteiger partial charge in [0, 0.05) is 42.5 Å². The Labute approximate surface area is 169 Å². The van der Waals surface area contributed by atoms with Gasteiger partial charge in [-0.25, -0.2) is 14.4 Å². The number of benzene rings is 1. The lowest BCUT2D eigenvalue weighted by atomic mass is 10.0. The Morgan fingerprint density at radius 1 is 1.14 bits per heavy atom. The zero-order chi connectivity index (χ0) is 20.5. The molecule has 1 aliphatic heterocycles. The van der Waals surface area contributed by atoms with Gasteiger partial charge in [0.25, 0.3) is 0 Å². The van der Waals surface area contributed by atoms with Gasteiger partial charge in [0.2, 0.25) is 0 Å². The Balaban J connectivity index is 1.56. The van der Waals surface area contributed by atoms with Gasteiger partial charge >= 0.3 is 0 Å². The molecule has 7 heteroatoms. The van der Waals surface area contributed by atoms with Gasteiger partial charge in [-0.3, -0.25) is 4.98 Å². The van der Waals surface area contributed by atoms with E-state index in [1.807, 2.05) is 26.8 Å². The van der Waals surface area contributed by atoms with Crippen molar-refractivity contribution in [3.63, 3.8) is 0 Å².